The van der Waals surface area contributed by atoms with Crippen LogP contribution in [0.3, 0.4) is 0 Å². The number of nitrogens with zero attached hydrogens (tertiary/aromatic N) is 1. The first-order valence-electron chi connectivity index (χ1n) is 15.0. The van der Waals surface area contributed by atoms with E-state index in [9.17, 15) is 19.2 Å². The van der Waals surface area contributed by atoms with Crippen LogP contribution in [0.5, 0.6) is 0 Å². The quantitative estimate of drug-likeness (QED) is 0.146. The maximum atomic E-state index is 13.8. The smallest absolute Gasteiger partial charge is 0.411 e. The van der Waals surface area contributed by atoms with E-state index in [0.717, 1.165) is 11.1 Å². The third kappa shape index (κ3) is 10.6. The maximum absolute atomic E-state index is 13.8. The zero-order chi connectivity index (χ0) is 33.9. The molecule has 3 amide bonds. The summed E-state index contributed by atoms with van der Waals surface area (Å²) < 4.78 is 10.4. The van der Waals surface area contributed by atoms with Crippen LogP contribution in [0.1, 0.15) is 59.6 Å². The molecular formula is C34H49N5O6. The second-order valence-electron chi connectivity index (χ2n) is 12.6. The molecule has 11 heteroatoms. The van der Waals surface area contributed by atoms with E-state index >= 15 is 0 Å². The summed E-state index contributed by atoms with van der Waals surface area (Å²) in [5, 5.41) is 8.83. The molecule has 2 aromatic rings. The summed E-state index contributed by atoms with van der Waals surface area (Å²) in [5.41, 5.74) is 7.45. The number of esters is 1. The second-order valence-corrected chi connectivity index (χ2v) is 12.6. The highest BCUT2D eigenvalue weighted by Gasteiger charge is 2.40. The van der Waals surface area contributed by atoms with Gasteiger partial charge in [-0.2, -0.15) is 0 Å². The van der Waals surface area contributed by atoms with E-state index in [2.05, 4.69) is 16.0 Å². The Labute approximate surface area is 266 Å². The van der Waals surface area contributed by atoms with Crippen molar-refractivity contribution in [2.75, 3.05) is 38.3 Å². The Morgan fingerprint density at radius 1 is 0.978 bits per heavy atom. The topological polar surface area (TPSA) is 152 Å². The van der Waals surface area contributed by atoms with Crippen LogP contribution in [0.4, 0.5) is 16.2 Å². The van der Waals surface area contributed by atoms with Gasteiger partial charge in [-0.25, -0.2) is 9.59 Å². The lowest BCUT2D eigenvalue weighted by Gasteiger charge is -2.38. The fraction of sp³-hybridized carbons (Fsp3) is 0.471. The van der Waals surface area contributed by atoms with Crippen molar-refractivity contribution < 1.29 is 28.7 Å². The third-order valence-corrected chi connectivity index (χ3v) is 7.52. The van der Waals surface area contributed by atoms with Gasteiger partial charge < -0.3 is 30.7 Å². The molecule has 5 N–H and O–H groups in total. The predicted molar refractivity (Wildman–Crippen MR) is 176 cm³/mol. The van der Waals surface area contributed by atoms with Crippen LogP contribution in [0, 0.1) is 5.41 Å². The Morgan fingerprint density at radius 2 is 1.62 bits per heavy atom. The van der Waals surface area contributed by atoms with Gasteiger partial charge in [-0.05, 0) is 61.7 Å². The summed E-state index contributed by atoms with van der Waals surface area (Å²) in [6.45, 7) is 13.3. The molecule has 0 saturated carbocycles. The minimum Gasteiger partial charge on any atom is -0.463 e. The number of amides is 3. The number of carbonyl (C=O) groups is 4. The Bertz CT molecular complexity index is 1360. The predicted octanol–water partition coefficient (Wildman–Crippen LogP) is 4.38. The number of nitrogens with one attached hydrogen (secondary N) is 3. The van der Waals surface area contributed by atoms with Gasteiger partial charge in [0.1, 0.15) is 12.6 Å². The fourth-order valence-corrected chi connectivity index (χ4v) is 4.69. The number of likely N-dealkylation sites (N-methyl/N-ethyl adjacent to an activating group) is 2. The highest BCUT2D eigenvalue weighted by molar-refractivity contribution is 5.92. The number of hydrogen-bond donors (Lipinski definition) is 4. The van der Waals surface area contributed by atoms with Crippen molar-refractivity contribution in [3.8, 4) is 0 Å². The summed E-state index contributed by atoms with van der Waals surface area (Å²) in [5.74, 6) is -1.09. The highest BCUT2D eigenvalue weighted by Crippen LogP contribution is 2.30. The molecule has 2 unspecified atom stereocenters. The third-order valence-electron chi connectivity index (χ3n) is 7.52. The number of nitrogen functional groups attached to an aromatic ring is 1. The zero-order valence-electron chi connectivity index (χ0n) is 27.9. The van der Waals surface area contributed by atoms with Gasteiger partial charge in [0.2, 0.25) is 11.8 Å². The van der Waals surface area contributed by atoms with Gasteiger partial charge in [-0.3, -0.25) is 14.9 Å². The van der Waals surface area contributed by atoms with E-state index < -0.39 is 35.0 Å². The molecule has 2 atom stereocenters. The Balaban J connectivity index is 2.17. The summed E-state index contributed by atoms with van der Waals surface area (Å²) in [6, 6.07) is 12.7. The standard InChI is InChI=1S/C34H49N5O6/c1-10-44-31(42)22(2)18-19-39(9)30(41)28(33(3,4)5)38-29(40)27(36-8)34(6,7)24-12-11-13-26(20-24)37-32(43)45-21-23-14-16-25(35)17-15-23/h11-18,20,27-28,36H,10,19,21,35H2,1-9H3,(H,37,43)(H,38,40)/b22-18+. The first-order chi connectivity index (χ1) is 21.0. The van der Waals surface area contributed by atoms with Gasteiger partial charge >= 0.3 is 12.1 Å². The van der Waals surface area contributed by atoms with Crippen molar-refractivity contribution in [2.45, 2.75) is 72.6 Å². The van der Waals surface area contributed by atoms with Crippen molar-refractivity contribution in [3.63, 3.8) is 0 Å². The van der Waals surface area contributed by atoms with Crippen LogP contribution in [0.2, 0.25) is 0 Å². The monoisotopic (exact) mass is 623 g/mol. The van der Waals surface area contributed by atoms with Crippen LogP contribution in [-0.4, -0.2) is 68.1 Å². The minimum atomic E-state index is -0.846. The summed E-state index contributed by atoms with van der Waals surface area (Å²) >= 11 is 0. The first-order valence-corrected chi connectivity index (χ1v) is 15.0. The normalized spacial score (nSPS) is 13.3. The largest absolute Gasteiger partial charge is 0.463 e. The van der Waals surface area contributed by atoms with Crippen LogP contribution in [0.15, 0.2) is 60.2 Å². The Kier molecular flexibility index (Phi) is 13.2. The zero-order valence-corrected chi connectivity index (χ0v) is 27.9. The van der Waals surface area contributed by atoms with E-state index in [1.165, 1.54) is 4.90 Å². The average Bonchev–Trinajstić information content (AvgIpc) is 2.97. The molecule has 45 heavy (non-hydrogen) atoms. The summed E-state index contributed by atoms with van der Waals surface area (Å²) in [7, 11) is 3.31. The molecule has 0 aliphatic carbocycles. The van der Waals surface area contributed by atoms with Crippen molar-refractivity contribution in [1.29, 1.82) is 0 Å². The first kappa shape index (κ1) is 36.8. The maximum Gasteiger partial charge on any atom is 0.411 e. The number of rotatable bonds is 13. The van der Waals surface area contributed by atoms with Gasteiger partial charge in [0.15, 0.2) is 0 Å². The van der Waals surface area contributed by atoms with Gasteiger partial charge in [-0.1, -0.05) is 65.0 Å². The summed E-state index contributed by atoms with van der Waals surface area (Å²) in [6.07, 6.45) is 1.01. The molecule has 0 bridgehead atoms. The number of carbonyl (C=O) groups excluding carboxylic acids is 4. The average molecular weight is 624 g/mol. The van der Waals surface area contributed by atoms with Gasteiger partial charge in [0, 0.05) is 36.0 Å². The van der Waals surface area contributed by atoms with Crippen molar-refractivity contribution in [2.24, 2.45) is 5.41 Å². The van der Waals surface area contributed by atoms with E-state index in [1.807, 2.05) is 40.7 Å². The molecule has 0 radical (unpaired) electrons. The van der Waals surface area contributed by atoms with Gasteiger partial charge in [0.05, 0.1) is 12.6 Å². The molecule has 2 aromatic carbocycles. The number of ether oxygens (including phenoxy) is 2. The Morgan fingerprint density at radius 3 is 2.20 bits per heavy atom. The van der Waals surface area contributed by atoms with E-state index in [0.29, 0.717) is 16.9 Å². The van der Waals surface area contributed by atoms with Crippen LogP contribution in [0.25, 0.3) is 0 Å². The number of anilines is 2. The molecule has 0 heterocycles. The molecule has 246 valence electrons. The number of benzene rings is 2. The van der Waals surface area contributed by atoms with Gasteiger partial charge in [-0.15, -0.1) is 0 Å². The minimum absolute atomic E-state index is 0.0867. The lowest BCUT2D eigenvalue weighted by atomic mass is 9.76. The Hall–Kier alpha value is -4.38. The molecule has 0 saturated heterocycles. The second kappa shape index (κ2) is 16.1. The highest BCUT2D eigenvalue weighted by atomic mass is 16.5. The molecule has 0 aromatic heterocycles. The van der Waals surface area contributed by atoms with Crippen molar-refractivity contribution >= 4 is 35.3 Å². The van der Waals surface area contributed by atoms with Crippen LogP contribution >= 0.6 is 0 Å². The van der Waals surface area contributed by atoms with Gasteiger partial charge in [0.25, 0.3) is 0 Å². The summed E-state index contributed by atoms with van der Waals surface area (Å²) in [4.78, 5) is 53.3. The van der Waals surface area contributed by atoms with Crippen LogP contribution < -0.4 is 21.7 Å². The number of nitrogens with two attached hydrogens (primary N) is 1. The fourth-order valence-electron chi connectivity index (χ4n) is 4.69. The van der Waals surface area contributed by atoms with Crippen molar-refractivity contribution in [3.05, 3.63) is 71.3 Å². The number of hydrogen-bond acceptors (Lipinski definition) is 8. The lowest BCUT2D eigenvalue weighted by Crippen LogP contribution is -2.60. The lowest BCUT2D eigenvalue weighted by molar-refractivity contribution is -0.139. The van der Waals surface area contributed by atoms with Crippen LogP contribution in [-0.2, 0) is 35.9 Å². The molecule has 0 spiro atoms. The van der Waals surface area contributed by atoms with E-state index in [1.54, 1.807) is 76.5 Å². The molecule has 0 fully saturated rings. The van der Waals surface area contributed by atoms with Crippen molar-refractivity contribution in [1.82, 2.24) is 15.5 Å². The molecule has 0 aliphatic rings. The molecular weight excluding hydrogens is 574 g/mol. The molecule has 0 aliphatic heterocycles. The van der Waals surface area contributed by atoms with E-state index in [4.69, 9.17) is 15.2 Å². The molecule has 11 nitrogen and oxygen atoms in total. The van der Waals surface area contributed by atoms with E-state index in [-0.39, 0.29) is 31.6 Å². The SMILES string of the molecule is CCOC(=O)/C(C)=C/CN(C)C(=O)C(NC(=O)C(NC)C(C)(C)c1cccc(NC(=O)OCc2ccc(N)cc2)c1)C(C)(C)C. The molecule has 2 rings (SSSR count).